The first-order valence-corrected chi connectivity index (χ1v) is 3.45. The van der Waals surface area contributed by atoms with Crippen LogP contribution in [0.1, 0.15) is 6.42 Å². The van der Waals surface area contributed by atoms with Crippen molar-refractivity contribution in [1.29, 1.82) is 0 Å². The van der Waals surface area contributed by atoms with Gasteiger partial charge in [0.2, 0.25) is 0 Å². The third kappa shape index (κ3) is 2.16. The molecule has 0 aliphatic carbocycles. The van der Waals surface area contributed by atoms with E-state index in [1.807, 2.05) is 0 Å². The quantitative estimate of drug-likeness (QED) is 0.495. The minimum atomic E-state index is 0.536. The maximum atomic E-state index is 6.97. The minimum absolute atomic E-state index is 0.536. The van der Waals surface area contributed by atoms with Crippen molar-refractivity contribution in [2.45, 2.75) is 6.42 Å². The van der Waals surface area contributed by atoms with Crippen molar-refractivity contribution in [2.75, 3.05) is 26.2 Å². The van der Waals surface area contributed by atoms with E-state index in [4.69, 9.17) is 5.73 Å². The fourth-order valence-corrected chi connectivity index (χ4v) is 1.05. The molecule has 0 amide bonds. The van der Waals surface area contributed by atoms with Crippen molar-refractivity contribution in [2.24, 2.45) is 0 Å². The summed E-state index contributed by atoms with van der Waals surface area (Å²) in [7, 11) is 0. The molecule has 1 N–H and O–H groups in total. The van der Waals surface area contributed by atoms with Gasteiger partial charge in [-0.25, -0.2) is 0 Å². The fourth-order valence-electron chi connectivity index (χ4n) is 1.05. The van der Waals surface area contributed by atoms with E-state index in [9.17, 15) is 0 Å². The van der Waals surface area contributed by atoms with Crippen molar-refractivity contribution in [1.82, 2.24) is 10.6 Å². The van der Waals surface area contributed by atoms with Gasteiger partial charge in [-0.2, -0.15) is 0 Å². The Hall–Kier alpha value is -0.340. The molecule has 51 valence electrons. The van der Waals surface area contributed by atoms with E-state index in [0.717, 1.165) is 19.6 Å². The lowest BCUT2D eigenvalue weighted by Gasteiger charge is -2.21. The Bertz CT molecular complexity index is 99.1. The molecule has 0 unspecified atom stereocenters. The average molecular weight is 125 g/mol. The second-order valence-corrected chi connectivity index (χ2v) is 2.31. The number of hydrogen-bond donors (Lipinski definition) is 0. The minimum Gasteiger partial charge on any atom is -0.298 e. The van der Waals surface area contributed by atoms with Crippen molar-refractivity contribution < 1.29 is 0 Å². The molecule has 0 aromatic heterocycles. The molecule has 1 radical (unpaired) electrons. The van der Waals surface area contributed by atoms with Crippen LogP contribution in [0, 0.1) is 0 Å². The molecular weight excluding hydrogens is 112 g/mol. The van der Waals surface area contributed by atoms with Gasteiger partial charge in [-0.1, -0.05) is 12.2 Å². The molecule has 0 aromatic carbocycles. The van der Waals surface area contributed by atoms with Gasteiger partial charge in [0.15, 0.2) is 0 Å². The maximum Gasteiger partial charge on any atom is 0.0228 e. The van der Waals surface area contributed by atoms with Crippen LogP contribution in [-0.4, -0.2) is 31.1 Å². The predicted molar refractivity (Wildman–Crippen MR) is 38.2 cm³/mol. The van der Waals surface area contributed by atoms with Crippen LogP contribution in [0.4, 0.5) is 0 Å². The smallest absolute Gasteiger partial charge is 0.0228 e. The highest BCUT2D eigenvalue weighted by Crippen LogP contribution is 1.98. The van der Waals surface area contributed by atoms with Gasteiger partial charge < -0.3 is 0 Å². The molecule has 1 aliphatic rings. The zero-order valence-corrected chi connectivity index (χ0v) is 5.64. The van der Waals surface area contributed by atoms with Gasteiger partial charge in [0.05, 0.1) is 0 Å². The van der Waals surface area contributed by atoms with E-state index in [1.54, 1.807) is 0 Å². The van der Waals surface area contributed by atoms with Gasteiger partial charge in [-0.15, -0.1) is 0 Å². The Morgan fingerprint density at radius 3 is 2.89 bits per heavy atom. The van der Waals surface area contributed by atoms with Gasteiger partial charge in [0.25, 0.3) is 0 Å². The molecule has 0 aromatic rings. The number of rotatable bonds is 2. The molecule has 0 atom stereocenters. The van der Waals surface area contributed by atoms with Crippen LogP contribution < -0.4 is 5.73 Å². The Labute approximate surface area is 56.3 Å². The van der Waals surface area contributed by atoms with E-state index in [1.165, 1.54) is 6.42 Å². The summed E-state index contributed by atoms with van der Waals surface area (Å²) in [6, 6.07) is 0. The third-order valence-electron chi connectivity index (χ3n) is 1.57. The summed E-state index contributed by atoms with van der Waals surface area (Å²) in [4.78, 5) is 2.30. The molecule has 1 heterocycles. The molecule has 9 heavy (non-hydrogen) atoms. The molecule has 0 bridgehead atoms. The summed E-state index contributed by atoms with van der Waals surface area (Å²) < 4.78 is 0. The van der Waals surface area contributed by atoms with Crippen molar-refractivity contribution in [3.05, 3.63) is 12.2 Å². The van der Waals surface area contributed by atoms with Gasteiger partial charge >= 0.3 is 0 Å². The Balaban J connectivity index is 2.18. The molecule has 2 heteroatoms. The predicted octanol–water partition coefficient (Wildman–Crippen LogP) is 0.531. The van der Waals surface area contributed by atoms with Gasteiger partial charge in [-0.3, -0.25) is 10.6 Å². The SMILES string of the molecule is [NH]CCN1CC=CCC1. The van der Waals surface area contributed by atoms with Crippen LogP contribution in [0.15, 0.2) is 12.2 Å². The Morgan fingerprint density at radius 1 is 1.44 bits per heavy atom. The first-order valence-electron chi connectivity index (χ1n) is 3.45. The van der Waals surface area contributed by atoms with Gasteiger partial charge in [0, 0.05) is 26.2 Å². The highest BCUT2D eigenvalue weighted by atomic mass is 15.1. The van der Waals surface area contributed by atoms with E-state index < -0.39 is 0 Å². The zero-order chi connectivity index (χ0) is 6.53. The van der Waals surface area contributed by atoms with E-state index in [-0.39, 0.29) is 0 Å². The largest absolute Gasteiger partial charge is 0.298 e. The van der Waals surface area contributed by atoms with Crippen molar-refractivity contribution in [3.63, 3.8) is 0 Å². The van der Waals surface area contributed by atoms with Crippen LogP contribution in [0.5, 0.6) is 0 Å². The first-order chi connectivity index (χ1) is 4.43. The van der Waals surface area contributed by atoms with Crippen LogP contribution in [-0.2, 0) is 0 Å². The molecular formula is C7H13N2. The topological polar surface area (TPSA) is 27.0 Å². The highest BCUT2D eigenvalue weighted by Gasteiger charge is 2.02. The van der Waals surface area contributed by atoms with E-state index >= 15 is 0 Å². The highest BCUT2D eigenvalue weighted by molar-refractivity contribution is 4.90. The number of hydrogen-bond acceptors (Lipinski definition) is 1. The summed E-state index contributed by atoms with van der Waals surface area (Å²) in [5.74, 6) is 0. The second kappa shape index (κ2) is 3.64. The lowest BCUT2D eigenvalue weighted by Crippen LogP contribution is -2.30. The second-order valence-electron chi connectivity index (χ2n) is 2.31. The van der Waals surface area contributed by atoms with Crippen LogP contribution in [0.2, 0.25) is 0 Å². The summed E-state index contributed by atoms with van der Waals surface area (Å²) in [6.07, 6.45) is 5.56. The van der Waals surface area contributed by atoms with E-state index in [2.05, 4.69) is 17.1 Å². The normalized spacial score (nSPS) is 20.6. The Kier molecular flexibility index (Phi) is 2.74. The molecule has 1 aliphatic heterocycles. The van der Waals surface area contributed by atoms with Crippen LogP contribution in [0.3, 0.4) is 0 Å². The number of nitrogens with zero attached hydrogens (tertiary/aromatic N) is 1. The van der Waals surface area contributed by atoms with Crippen LogP contribution in [0.25, 0.3) is 0 Å². The molecule has 0 spiro atoms. The summed E-state index contributed by atoms with van der Waals surface area (Å²) in [5, 5.41) is 0. The van der Waals surface area contributed by atoms with E-state index in [0.29, 0.717) is 6.54 Å². The molecule has 0 saturated carbocycles. The first kappa shape index (κ1) is 6.78. The fraction of sp³-hybridized carbons (Fsp3) is 0.714. The van der Waals surface area contributed by atoms with Crippen molar-refractivity contribution >= 4 is 0 Å². The monoisotopic (exact) mass is 125 g/mol. The van der Waals surface area contributed by atoms with Gasteiger partial charge in [-0.05, 0) is 6.42 Å². The zero-order valence-electron chi connectivity index (χ0n) is 5.64. The molecule has 1 rings (SSSR count). The standard InChI is InChI=1S/C7H13N2/c8-4-7-9-5-2-1-3-6-9/h1-2,8H,3-7H2. The molecule has 2 nitrogen and oxygen atoms in total. The van der Waals surface area contributed by atoms with Crippen molar-refractivity contribution in [3.8, 4) is 0 Å². The summed E-state index contributed by atoms with van der Waals surface area (Å²) >= 11 is 0. The summed E-state index contributed by atoms with van der Waals surface area (Å²) in [6.45, 7) is 3.67. The lowest BCUT2D eigenvalue weighted by molar-refractivity contribution is 0.306. The molecule has 0 saturated heterocycles. The maximum absolute atomic E-state index is 6.97. The average Bonchev–Trinajstić information content (AvgIpc) is 1.91. The third-order valence-corrected chi connectivity index (χ3v) is 1.57. The summed E-state index contributed by atoms with van der Waals surface area (Å²) in [5.41, 5.74) is 6.97. The van der Waals surface area contributed by atoms with Crippen LogP contribution >= 0.6 is 0 Å². The Morgan fingerprint density at radius 2 is 2.33 bits per heavy atom. The number of nitrogens with one attached hydrogen (secondary N) is 1. The lowest BCUT2D eigenvalue weighted by atomic mass is 10.2. The van der Waals surface area contributed by atoms with Gasteiger partial charge in [0.1, 0.15) is 0 Å². The molecule has 0 fully saturated rings.